The molecule has 0 saturated carbocycles. The van der Waals surface area contributed by atoms with Crippen molar-refractivity contribution in [3.8, 4) is 22.5 Å². The third kappa shape index (κ3) is 3.71. The molecule has 3 amide bonds. The Morgan fingerprint density at radius 1 is 1.06 bits per heavy atom. The highest BCUT2D eigenvalue weighted by molar-refractivity contribution is 5.95. The van der Waals surface area contributed by atoms with Gasteiger partial charge in [-0.1, -0.05) is 42.5 Å². The van der Waals surface area contributed by atoms with Crippen LogP contribution in [0.2, 0.25) is 0 Å². The number of H-pyrrole nitrogens is 1. The summed E-state index contributed by atoms with van der Waals surface area (Å²) >= 11 is 0. The number of primary amides is 1. The molecular weight excluding hydrogens is 436 g/mol. The van der Waals surface area contributed by atoms with Crippen LogP contribution in [0.15, 0.2) is 60.9 Å². The number of carbonyl (C=O) groups is 3. The zero-order valence-corrected chi connectivity index (χ0v) is 17.8. The fraction of sp³-hybridized carbons (Fsp3) is 0.125. The van der Waals surface area contributed by atoms with Crippen molar-refractivity contribution in [2.75, 3.05) is 0 Å². The number of benzene rings is 2. The van der Waals surface area contributed by atoms with E-state index in [1.54, 1.807) is 12.4 Å². The minimum Gasteiger partial charge on any atom is -0.465 e. The Bertz CT molecular complexity index is 1400. The summed E-state index contributed by atoms with van der Waals surface area (Å²) in [6, 6.07) is 13.3. The van der Waals surface area contributed by atoms with Crippen molar-refractivity contribution < 1.29 is 19.5 Å². The summed E-state index contributed by atoms with van der Waals surface area (Å²) in [5.41, 5.74) is 11.2. The maximum atomic E-state index is 13.0. The molecule has 10 nitrogen and oxygen atoms in total. The van der Waals surface area contributed by atoms with Crippen molar-refractivity contribution >= 4 is 28.9 Å². The lowest BCUT2D eigenvalue weighted by molar-refractivity contribution is -0.127. The van der Waals surface area contributed by atoms with Crippen LogP contribution >= 0.6 is 0 Å². The predicted octanol–water partition coefficient (Wildman–Crippen LogP) is 2.32. The number of nitrogens with two attached hydrogens (primary N) is 1. The van der Waals surface area contributed by atoms with E-state index in [4.69, 9.17) is 15.8 Å². The van der Waals surface area contributed by atoms with Crippen LogP contribution in [-0.4, -0.2) is 44.0 Å². The standard InChI is InChI=1S/C24H20N6O4/c25-19(31)10-17(29-24(33)34)23(32)30-21-13-5-2-1-4-12(13)20-14(21)6-3-7-15(20)22-27-16-8-9-26-11-18(16)28-22/h1-9,11,17,21,29H,10H2,(H2,25,31)(H,27,28)(H,30,32)(H,33,34)/t17-,21?/m1/s1. The molecule has 2 heterocycles. The SMILES string of the molecule is NC(=O)C[C@@H](NC(=O)O)C(=O)NC1c2ccccc2-c2c(-c3nc4ccncc4[nH]3)cccc21. The lowest BCUT2D eigenvalue weighted by atomic mass is 9.98. The van der Waals surface area contributed by atoms with Gasteiger partial charge in [-0.2, -0.15) is 0 Å². The molecule has 0 aliphatic heterocycles. The quantitative estimate of drug-likeness (QED) is 0.299. The number of aromatic amines is 1. The zero-order chi connectivity index (χ0) is 23.8. The normalized spacial score (nSPS) is 14.8. The van der Waals surface area contributed by atoms with Gasteiger partial charge in [0.1, 0.15) is 11.9 Å². The Hall–Kier alpha value is -4.73. The average Bonchev–Trinajstić information content (AvgIpc) is 3.38. The molecule has 1 aliphatic rings. The highest BCUT2D eigenvalue weighted by Crippen LogP contribution is 2.47. The average molecular weight is 456 g/mol. The number of carboxylic acid groups (broad SMARTS) is 1. The van der Waals surface area contributed by atoms with E-state index >= 15 is 0 Å². The largest absolute Gasteiger partial charge is 0.465 e. The third-order valence-corrected chi connectivity index (χ3v) is 5.79. The molecule has 170 valence electrons. The summed E-state index contributed by atoms with van der Waals surface area (Å²) in [7, 11) is 0. The second-order valence-electron chi connectivity index (χ2n) is 7.95. The van der Waals surface area contributed by atoms with Gasteiger partial charge in [-0.15, -0.1) is 0 Å². The van der Waals surface area contributed by atoms with Crippen LogP contribution in [0.5, 0.6) is 0 Å². The van der Waals surface area contributed by atoms with Crippen molar-refractivity contribution in [3.63, 3.8) is 0 Å². The van der Waals surface area contributed by atoms with Gasteiger partial charge in [-0.25, -0.2) is 9.78 Å². The smallest absolute Gasteiger partial charge is 0.405 e. The molecule has 0 saturated heterocycles. The number of imidazole rings is 1. The fourth-order valence-electron chi connectivity index (χ4n) is 4.39. The van der Waals surface area contributed by atoms with Crippen molar-refractivity contribution in [1.29, 1.82) is 0 Å². The summed E-state index contributed by atoms with van der Waals surface area (Å²) in [5, 5.41) is 14.0. The molecule has 1 aliphatic carbocycles. The fourth-order valence-corrected chi connectivity index (χ4v) is 4.39. The number of pyridine rings is 1. The van der Waals surface area contributed by atoms with E-state index in [2.05, 4.69) is 20.6 Å². The maximum Gasteiger partial charge on any atom is 0.405 e. The van der Waals surface area contributed by atoms with E-state index in [1.807, 2.05) is 48.5 Å². The highest BCUT2D eigenvalue weighted by Gasteiger charge is 2.34. The van der Waals surface area contributed by atoms with Gasteiger partial charge in [-0.3, -0.25) is 14.6 Å². The molecule has 4 aromatic rings. The van der Waals surface area contributed by atoms with E-state index < -0.39 is 36.4 Å². The van der Waals surface area contributed by atoms with Gasteiger partial charge >= 0.3 is 6.09 Å². The zero-order valence-electron chi connectivity index (χ0n) is 17.8. The van der Waals surface area contributed by atoms with Crippen LogP contribution in [0.25, 0.3) is 33.5 Å². The Labute approximate surface area is 193 Å². The number of hydrogen-bond donors (Lipinski definition) is 5. The second-order valence-corrected chi connectivity index (χ2v) is 7.95. The topological polar surface area (TPSA) is 163 Å². The number of amides is 3. The van der Waals surface area contributed by atoms with E-state index in [0.717, 1.165) is 38.9 Å². The first kappa shape index (κ1) is 21.1. The highest BCUT2D eigenvalue weighted by atomic mass is 16.4. The number of aromatic nitrogens is 3. The first-order valence-electron chi connectivity index (χ1n) is 10.5. The molecule has 5 rings (SSSR count). The Morgan fingerprint density at radius 2 is 1.82 bits per heavy atom. The van der Waals surface area contributed by atoms with Crippen molar-refractivity contribution in [1.82, 2.24) is 25.6 Å². The van der Waals surface area contributed by atoms with Crippen LogP contribution in [-0.2, 0) is 9.59 Å². The number of fused-ring (bicyclic) bond motifs is 4. The van der Waals surface area contributed by atoms with Gasteiger partial charge in [0.2, 0.25) is 11.8 Å². The minimum atomic E-state index is -1.42. The van der Waals surface area contributed by atoms with Gasteiger partial charge in [0.25, 0.3) is 0 Å². The molecular formula is C24H20N6O4. The molecule has 1 unspecified atom stereocenters. The molecule has 0 radical (unpaired) electrons. The lowest BCUT2D eigenvalue weighted by Crippen LogP contribution is -2.49. The number of nitrogens with one attached hydrogen (secondary N) is 3. The van der Waals surface area contributed by atoms with E-state index in [1.165, 1.54) is 0 Å². The second kappa shape index (κ2) is 8.32. The van der Waals surface area contributed by atoms with Crippen molar-refractivity contribution in [2.45, 2.75) is 18.5 Å². The molecule has 2 aromatic carbocycles. The third-order valence-electron chi connectivity index (χ3n) is 5.79. The molecule has 2 atom stereocenters. The number of carbonyl (C=O) groups excluding carboxylic acids is 2. The summed E-state index contributed by atoms with van der Waals surface area (Å²) in [6.45, 7) is 0. The van der Waals surface area contributed by atoms with Crippen LogP contribution in [0.4, 0.5) is 4.79 Å². The predicted molar refractivity (Wildman–Crippen MR) is 124 cm³/mol. The van der Waals surface area contributed by atoms with Gasteiger partial charge in [-0.05, 0) is 28.3 Å². The van der Waals surface area contributed by atoms with E-state index in [-0.39, 0.29) is 0 Å². The van der Waals surface area contributed by atoms with Gasteiger partial charge in [0.05, 0.1) is 29.7 Å². The van der Waals surface area contributed by atoms with Gasteiger partial charge < -0.3 is 26.5 Å². The van der Waals surface area contributed by atoms with Gasteiger partial charge in [0.15, 0.2) is 0 Å². The summed E-state index contributed by atoms with van der Waals surface area (Å²) in [6.07, 6.45) is 1.51. The lowest BCUT2D eigenvalue weighted by Gasteiger charge is -2.21. The van der Waals surface area contributed by atoms with Crippen molar-refractivity contribution in [3.05, 3.63) is 72.1 Å². The maximum absolute atomic E-state index is 13.0. The number of hydrogen-bond acceptors (Lipinski definition) is 5. The molecule has 0 bridgehead atoms. The Morgan fingerprint density at radius 3 is 2.59 bits per heavy atom. The van der Waals surface area contributed by atoms with Gasteiger partial charge in [0, 0.05) is 11.8 Å². The van der Waals surface area contributed by atoms with E-state index in [9.17, 15) is 14.4 Å². The molecule has 34 heavy (non-hydrogen) atoms. The van der Waals surface area contributed by atoms with Crippen LogP contribution in [0.3, 0.4) is 0 Å². The number of rotatable bonds is 6. The van der Waals surface area contributed by atoms with E-state index in [0.29, 0.717) is 5.82 Å². The summed E-state index contributed by atoms with van der Waals surface area (Å²) in [5.74, 6) is -0.766. The summed E-state index contributed by atoms with van der Waals surface area (Å²) in [4.78, 5) is 47.7. The Balaban J connectivity index is 1.57. The molecule has 0 fully saturated rings. The minimum absolute atomic E-state index is 0.452. The molecule has 10 heteroatoms. The van der Waals surface area contributed by atoms with Crippen LogP contribution in [0, 0.1) is 0 Å². The number of nitrogens with zero attached hydrogens (tertiary/aromatic N) is 2. The Kier molecular flexibility index (Phi) is 5.17. The van der Waals surface area contributed by atoms with Crippen LogP contribution in [0.1, 0.15) is 23.6 Å². The monoisotopic (exact) mass is 456 g/mol. The molecule has 6 N–H and O–H groups in total. The van der Waals surface area contributed by atoms with Crippen molar-refractivity contribution in [2.24, 2.45) is 5.73 Å². The van der Waals surface area contributed by atoms with Crippen LogP contribution < -0.4 is 16.4 Å². The summed E-state index contributed by atoms with van der Waals surface area (Å²) < 4.78 is 0. The molecule has 0 spiro atoms. The first-order valence-corrected chi connectivity index (χ1v) is 10.5. The molecule has 2 aromatic heterocycles. The first-order chi connectivity index (χ1) is 16.4.